The number of carbonyl (C=O) groups is 3. The number of hydrogen-bond acceptors (Lipinski definition) is 4. The van der Waals surface area contributed by atoms with E-state index in [2.05, 4.69) is 10.6 Å². The van der Waals surface area contributed by atoms with Crippen LogP contribution >= 0.6 is 12.4 Å². The van der Waals surface area contributed by atoms with Crippen molar-refractivity contribution in [2.24, 2.45) is 0 Å². The van der Waals surface area contributed by atoms with E-state index in [9.17, 15) is 14.4 Å². The molecule has 2 aliphatic heterocycles. The molecule has 0 aromatic heterocycles. The number of nitrogens with one attached hydrogen (secondary N) is 2. The Morgan fingerprint density at radius 1 is 1.19 bits per heavy atom. The van der Waals surface area contributed by atoms with Gasteiger partial charge in [-0.2, -0.15) is 0 Å². The zero-order valence-corrected chi connectivity index (χ0v) is 16.2. The van der Waals surface area contributed by atoms with Gasteiger partial charge in [-0.1, -0.05) is 30.3 Å². The van der Waals surface area contributed by atoms with Gasteiger partial charge in [-0.15, -0.1) is 12.4 Å². The smallest absolute Gasteiger partial charge is 0.242 e. The fourth-order valence-corrected chi connectivity index (χ4v) is 3.57. The molecule has 2 heterocycles. The quantitative estimate of drug-likeness (QED) is 0.747. The molecule has 3 rings (SSSR count). The third-order valence-corrected chi connectivity index (χ3v) is 4.96. The van der Waals surface area contributed by atoms with Crippen LogP contribution in [0.2, 0.25) is 0 Å². The van der Waals surface area contributed by atoms with Crippen molar-refractivity contribution in [3.63, 3.8) is 0 Å². The van der Waals surface area contributed by atoms with E-state index < -0.39 is 0 Å². The first-order valence-corrected chi connectivity index (χ1v) is 9.22. The van der Waals surface area contributed by atoms with Gasteiger partial charge in [0.15, 0.2) is 0 Å². The van der Waals surface area contributed by atoms with E-state index in [4.69, 9.17) is 0 Å². The normalized spacial score (nSPS) is 20.0. The first kappa shape index (κ1) is 21.2. The number of halogens is 1. The Hall–Kier alpha value is -2.12. The Kier molecular flexibility index (Phi) is 8.06. The average molecular weight is 395 g/mol. The van der Waals surface area contributed by atoms with Gasteiger partial charge in [0.05, 0.1) is 19.5 Å². The minimum absolute atomic E-state index is 0. The maximum Gasteiger partial charge on any atom is 0.242 e. The van der Waals surface area contributed by atoms with Crippen molar-refractivity contribution in [2.45, 2.75) is 25.3 Å². The van der Waals surface area contributed by atoms with Gasteiger partial charge in [0.25, 0.3) is 0 Å². The molecule has 1 aromatic rings. The third-order valence-electron chi connectivity index (χ3n) is 4.96. The van der Waals surface area contributed by atoms with Gasteiger partial charge in [0, 0.05) is 32.2 Å². The van der Waals surface area contributed by atoms with E-state index in [1.165, 1.54) is 0 Å². The standard InChI is InChI=1S/C19H26N4O3.ClH/c24-17(11-15-5-2-1-3-6-15)21-13-18(25)22-9-4-7-16(14-22)23-10-8-20-12-19(23)26;/h1-3,5-6,16,20H,4,7-14H2,(H,21,24);1H. The fraction of sp³-hybridized carbons (Fsp3) is 0.526. The zero-order valence-electron chi connectivity index (χ0n) is 15.4. The Morgan fingerprint density at radius 3 is 2.70 bits per heavy atom. The lowest BCUT2D eigenvalue weighted by atomic mass is 10.0. The molecule has 0 bridgehead atoms. The number of nitrogens with zero attached hydrogens (tertiary/aromatic N) is 2. The number of benzene rings is 1. The molecule has 1 aromatic carbocycles. The molecular formula is C19H27ClN4O3. The summed E-state index contributed by atoms with van der Waals surface area (Å²) in [5, 5.41) is 5.78. The van der Waals surface area contributed by atoms with Crippen LogP contribution in [-0.4, -0.2) is 72.8 Å². The van der Waals surface area contributed by atoms with E-state index in [1.807, 2.05) is 35.2 Å². The summed E-state index contributed by atoms with van der Waals surface area (Å²) >= 11 is 0. The lowest BCUT2D eigenvalue weighted by molar-refractivity contribution is -0.140. The van der Waals surface area contributed by atoms with E-state index >= 15 is 0 Å². The summed E-state index contributed by atoms with van der Waals surface area (Å²) in [6.45, 7) is 3.11. The van der Waals surface area contributed by atoms with Gasteiger partial charge < -0.3 is 20.4 Å². The van der Waals surface area contributed by atoms with Crippen molar-refractivity contribution in [1.29, 1.82) is 0 Å². The molecule has 8 heteroatoms. The monoisotopic (exact) mass is 394 g/mol. The molecular weight excluding hydrogens is 368 g/mol. The highest BCUT2D eigenvalue weighted by molar-refractivity contribution is 5.86. The Balaban J connectivity index is 0.00000261. The number of rotatable bonds is 5. The van der Waals surface area contributed by atoms with Crippen molar-refractivity contribution in [1.82, 2.24) is 20.4 Å². The molecule has 2 aliphatic rings. The fourth-order valence-electron chi connectivity index (χ4n) is 3.57. The Labute approximate surface area is 165 Å². The highest BCUT2D eigenvalue weighted by Crippen LogP contribution is 2.17. The summed E-state index contributed by atoms with van der Waals surface area (Å²) in [7, 11) is 0. The van der Waals surface area contributed by atoms with Crippen LogP contribution in [0.25, 0.3) is 0 Å². The lowest BCUT2D eigenvalue weighted by Crippen LogP contribution is -2.58. The average Bonchev–Trinajstić information content (AvgIpc) is 2.67. The summed E-state index contributed by atoms with van der Waals surface area (Å²) < 4.78 is 0. The maximum absolute atomic E-state index is 12.5. The van der Waals surface area contributed by atoms with Gasteiger partial charge in [-0.05, 0) is 18.4 Å². The first-order valence-electron chi connectivity index (χ1n) is 9.22. The van der Waals surface area contributed by atoms with Crippen LogP contribution in [-0.2, 0) is 20.8 Å². The second kappa shape index (κ2) is 10.3. The second-order valence-corrected chi connectivity index (χ2v) is 6.84. The van der Waals surface area contributed by atoms with E-state index in [0.717, 1.165) is 24.9 Å². The summed E-state index contributed by atoms with van der Waals surface area (Å²) in [5.74, 6) is -0.138. The Bertz CT molecular complexity index is 656. The summed E-state index contributed by atoms with van der Waals surface area (Å²) in [4.78, 5) is 40.2. The topological polar surface area (TPSA) is 81.8 Å². The minimum atomic E-state index is -0.157. The predicted octanol–water partition coefficient (Wildman–Crippen LogP) is 0.190. The molecule has 1 unspecified atom stereocenters. The lowest BCUT2D eigenvalue weighted by Gasteiger charge is -2.41. The molecule has 0 saturated carbocycles. The van der Waals surface area contributed by atoms with Crippen LogP contribution in [0.5, 0.6) is 0 Å². The third kappa shape index (κ3) is 5.94. The number of hydrogen-bond donors (Lipinski definition) is 2. The van der Waals surface area contributed by atoms with Crippen LogP contribution in [0.15, 0.2) is 30.3 Å². The molecule has 0 spiro atoms. The van der Waals surface area contributed by atoms with E-state index in [0.29, 0.717) is 26.2 Å². The summed E-state index contributed by atoms with van der Waals surface area (Å²) in [5.41, 5.74) is 0.924. The molecule has 2 N–H and O–H groups in total. The second-order valence-electron chi connectivity index (χ2n) is 6.84. The molecule has 27 heavy (non-hydrogen) atoms. The van der Waals surface area contributed by atoms with E-state index in [-0.39, 0.29) is 49.1 Å². The van der Waals surface area contributed by atoms with Crippen molar-refractivity contribution >= 4 is 30.1 Å². The molecule has 3 amide bonds. The highest BCUT2D eigenvalue weighted by Gasteiger charge is 2.31. The van der Waals surface area contributed by atoms with Gasteiger partial charge in [-0.3, -0.25) is 14.4 Å². The number of amides is 3. The van der Waals surface area contributed by atoms with Gasteiger partial charge in [-0.25, -0.2) is 0 Å². The molecule has 2 fully saturated rings. The molecule has 0 radical (unpaired) electrons. The van der Waals surface area contributed by atoms with Crippen molar-refractivity contribution in [2.75, 3.05) is 39.3 Å². The van der Waals surface area contributed by atoms with Gasteiger partial charge >= 0.3 is 0 Å². The number of likely N-dealkylation sites (tertiary alicyclic amines) is 1. The number of piperazine rings is 1. The first-order chi connectivity index (χ1) is 12.6. The van der Waals surface area contributed by atoms with Crippen LogP contribution in [0, 0.1) is 0 Å². The highest BCUT2D eigenvalue weighted by atomic mass is 35.5. The summed E-state index contributed by atoms with van der Waals surface area (Å²) in [6, 6.07) is 9.54. The van der Waals surface area contributed by atoms with Crippen LogP contribution in [0.1, 0.15) is 18.4 Å². The SMILES string of the molecule is Cl.O=C(Cc1ccccc1)NCC(=O)N1CCCC(N2CCNCC2=O)C1. The molecule has 2 saturated heterocycles. The largest absolute Gasteiger partial charge is 0.347 e. The van der Waals surface area contributed by atoms with Crippen molar-refractivity contribution in [3.8, 4) is 0 Å². The van der Waals surface area contributed by atoms with E-state index in [1.54, 1.807) is 4.90 Å². The van der Waals surface area contributed by atoms with Crippen molar-refractivity contribution < 1.29 is 14.4 Å². The number of piperidine rings is 1. The summed E-state index contributed by atoms with van der Waals surface area (Å²) in [6.07, 6.45) is 2.08. The minimum Gasteiger partial charge on any atom is -0.347 e. The predicted molar refractivity (Wildman–Crippen MR) is 105 cm³/mol. The van der Waals surface area contributed by atoms with Crippen molar-refractivity contribution in [3.05, 3.63) is 35.9 Å². The van der Waals surface area contributed by atoms with Gasteiger partial charge in [0.2, 0.25) is 17.7 Å². The zero-order chi connectivity index (χ0) is 18.4. The van der Waals surface area contributed by atoms with Crippen LogP contribution in [0.4, 0.5) is 0 Å². The van der Waals surface area contributed by atoms with Gasteiger partial charge in [0.1, 0.15) is 0 Å². The Morgan fingerprint density at radius 2 is 1.96 bits per heavy atom. The van der Waals surface area contributed by atoms with Crippen LogP contribution < -0.4 is 10.6 Å². The molecule has 0 aliphatic carbocycles. The maximum atomic E-state index is 12.5. The molecule has 7 nitrogen and oxygen atoms in total. The van der Waals surface area contributed by atoms with Crippen LogP contribution in [0.3, 0.4) is 0 Å². The number of carbonyl (C=O) groups excluding carboxylic acids is 3. The molecule has 1 atom stereocenters. The molecule has 148 valence electrons.